The van der Waals surface area contributed by atoms with Crippen molar-refractivity contribution >= 4 is 39.4 Å². The van der Waals surface area contributed by atoms with E-state index in [1.807, 2.05) is 29.3 Å². The Bertz CT molecular complexity index is 1190. The van der Waals surface area contributed by atoms with Crippen LogP contribution in [0.15, 0.2) is 45.5 Å². The number of rotatable bonds is 2. The van der Waals surface area contributed by atoms with Gasteiger partial charge in [-0.3, -0.25) is 14.6 Å². The molecule has 0 radical (unpaired) electrons. The van der Waals surface area contributed by atoms with Gasteiger partial charge in [0.2, 0.25) is 0 Å². The molecule has 2 aliphatic rings. The van der Waals surface area contributed by atoms with E-state index in [9.17, 15) is 9.59 Å². The van der Waals surface area contributed by atoms with E-state index >= 15 is 0 Å². The fourth-order valence-corrected chi connectivity index (χ4v) is 4.78. The first kappa shape index (κ1) is 18.0. The molecule has 1 aromatic carbocycles. The number of thiophene rings is 1. The van der Waals surface area contributed by atoms with E-state index in [0.717, 1.165) is 25.7 Å². The maximum absolute atomic E-state index is 13.3. The molecular formula is C22H20N4O2S. The topological polar surface area (TPSA) is 78.4 Å². The Balaban J connectivity index is 1.49. The average molecular weight is 404 g/mol. The Morgan fingerprint density at radius 3 is 2.55 bits per heavy atom. The molecule has 0 saturated heterocycles. The second-order valence-electron chi connectivity index (χ2n) is 7.28. The molecule has 0 unspecified atom stereocenters. The summed E-state index contributed by atoms with van der Waals surface area (Å²) in [6.45, 7) is 1.33. The Hall–Kier alpha value is -3.06. The lowest BCUT2D eigenvalue weighted by atomic mass is 10.0. The molecule has 3 aromatic rings. The highest BCUT2D eigenvalue weighted by molar-refractivity contribution is 7.17. The number of hydrogen-bond acceptors (Lipinski definition) is 5. The highest BCUT2D eigenvalue weighted by Gasteiger charge is 2.24. The molecule has 7 heteroatoms. The van der Waals surface area contributed by atoms with Crippen LogP contribution in [0.4, 0.5) is 0 Å². The molecular weight excluding hydrogens is 384 g/mol. The molecule has 0 aliphatic carbocycles. The fourth-order valence-electron chi connectivity index (χ4n) is 3.91. The summed E-state index contributed by atoms with van der Waals surface area (Å²) in [6, 6.07) is 8.36. The van der Waals surface area contributed by atoms with Crippen LogP contribution in [0.5, 0.6) is 0 Å². The van der Waals surface area contributed by atoms with Crippen LogP contribution in [0.2, 0.25) is 0 Å². The highest BCUT2D eigenvalue weighted by atomic mass is 32.1. The Morgan fingerprint density at radius 2 is 1.86 bits per heavy atom. The number of aliphatic imine (C=N–C) groups is 1. The summed E-state index contributed by atoms with van der Waals surface area (Å²) in [4.78, 5) is 39.5. The van der Waals surface area contributed by atoms with Crippen LogP contribution in [0, 0.1) is 0 Å². The van der Waals surface area contributed by atoms with Crippen molar-refractivity contribution in [3.8, 4) is 0 Å². The minimum Gasteiger partial charge on any atom is -0.338 e. The SMILES string of the molecule is O=C(c1csc2c(=O)[nH]c(C3=CCCC=N3)nc12)N1CCc2ccccc2CC1. The second-order valence-corrected chi connectivity index (χ2v) is 8.16. The number of amides is 1. The van der Waals surface area contributed by atoms with Gasteiger partial charge < -0.3 is 9.88 Å². The van der Waals surface area contributed by atoms with Crippen LogP contribution < -0.4 is 5.56 Å². The van der Waals surface area contributed by atoms with Gasteiger partial charge in [0.05, 0.1) is 5.56 Å². The third-order valence-electron chi connectivity index (χ3n) is 5.47. The van der Waals surface area contributed by atoms with Crippen molar-refractivity contribution in [2.45, 2.75) is 25.7 Å². The molecule has 6 nitrogen and oxygen atoms in total. The van der Waals surface area contributed by atoms with Crippen molar-refractivity contribution < 1.29 is 4.79 Å². The third kappa shape index (κ3) is 3.31. The number of hydrogen-bond donors (Lipinski definition) is 1. The summed E-state index contributed by atoms with van der Waals surface area (Å²) in [5, 5.41) is 1.76. The predicted molar refractivity (Wildman–Crippen MR) is 116 cm³/mol. The van der Waals surface area contributed by atoms with E-state index in [0.29, 0.717) is 40.4 Å². The number of fused-ring (bicyclic) bond motifs is 2. The fraction of sp³-hybridized carbons (Fsp3) is 0.273. The normalized spacial score (nSPS) is 16.4. The summed E-state index contributed by atoms with van der Waals surface area (Å²) in [5.41, 5.74) is 4.02. The number of carbonyl (C=O) groups is 1. The van der Waals surface area contributed by atoms with E-state index in [2.05, 4.69) is 27.1 Å². The second kappa shape index (κ2) is 7.40. The van der Waals surface area contributed by atoms with Crippen molar-refractivity contribution in [3.63, 3.8) is 0 Å². The van der Waals surface area contributed by atoms with Crippen LogP contribution in [0.1, 0.15) is 40.2 Å². The molecule has 2 aliphatic heterocycles. The molecule has 0 saturated carbocycles. The number of benzene rings is 1. The van der Waals surface area contributed by atoms with Gasteiger partial charge in [-0.25, -0.2) is 4.98 Å². The van der Waals surface area contributed by atoms with Crippen LogP contribution in [0.25, 0.3) is 15.9 Å². The third-order valence-corrected chi connectivity index (χ3v) is 6.44. The quantitative estimate of drug-likeness (QED) is 0.711. The molecule has 0 atom stereocenters. The standard InChI is InChI=1S/C22H20N4O2S/c27-21-19-18(24-20(25-21)17-7-3-4-10-23-17)16(13-29-19)22(28)26-11-8-14-5-1-2-6-15(14)9-12-26/h1-2,5-7,10,13H,3-4,8-9,11-12H2,(H,24,25,27). The van der Waals surface area contributed by atoms with Gasteiger partial charge in [0, 0.05) is 24.7 Å². The van der Waals surface area contributed by atoms with E-state index in [-0.39, 0.29) is 11.5 Å². The molecule has 2 aromatic heterocycles. The Labute approximate surface area is 171 Å². The van der Waals surface area contributed by atoms with Gasteiger partial charge in [-0.15, -0.1) is 11.3 Å². The first-order chi connectivity index (χ1) is 14.2. The molecule has 0 fully saturated rings. The number of aromatic nitrogens is 2. The number of nitrogens with zero attached hydrogens (tertiary/aromatic N) is 3. The monoisotopic (exact) mass is 404 g/mol. The van der Waals surface area contributed by atoms with Crippen LogP contribution in [-0.4, -0.2) is 40.1 Å². The summed E-state index contributed by atoms with van der Waals surface area (Å²) in [7, 11) is 0. The lowest BCUT2D eigenvalue weighted by Crippen LogP contribution is -2.33. The summed E-state index contributed by atoms with van der Waals surface area (Å²) < 4.78 is 0.482. The summed E-state index contributed by atoms with van der Waals surface area (Å²) in [5.74, 6) is 0.364. The first-order valence-electron chi connectivity index (χ1n) is 9.81. The maximum atomic E-state index is 13.3. The number of carbonyl (C=O) groups excluding carboxylic acids is 1. The van der Waals surface area contributed by atoms with Gasteiger partial charge in [0.1, 0.15) is 15.9 Å². The molecule has 29 heavy (non-hydrogen) atoms. The van der Waals surface area contributed by atoms with E-state index in [1.165, 1.54) is 22.5 Å². The van der Waals surface area contributed by atoms with Gasteiger partial charge in [0.25, 0.3) is 11.5 Å². The van der Waals surface area contributed by atoms with Gasteiger partial charge >= 0.3 is 0 Å². The Morgan fingerprint density at radius 1 is 1.10 bits per heavy atom. The zero-order chi connectivity index (χ0) is 19.8. The van der Waals surface area contributed by atoms with Crippen LogP contribution in [-0.2, 0) is 12.8 Å². The molecule has 146 valence electrons. The van der Waals surface area contributed by atoms with Gasteiger partial charge in [-0.2, -0.15) is 0 Å². The van der Waals surface area contributed by atoms with Crippen molar-refractivity contribution in [1.82, 2.24) is 14.9 Å². The highest BCUT2D eigenvalue weighted by Crippen LogP contribution is 2.26. The number of H-pyrrole nitrogens is 1. The predicted octanol–water partition coefficient (Wildman–Crippen LogP) is 3.43. The lowest BCUT2D eigenvalue weighted by molar-refractivity contribution is 0.0765. The molecule has 4 heterocycles. The minimum absolute atomic E-state index is 0.0609. The van der Waals surface area contributed by atoms with Crippen molar-refractivity contribution in [1.29, 1.82) is 0 Å². The number of nitrogens with one attached hydrogen (secondary N) is 1. The zero-order valence-corrected chi connectivity index (χ0v) is 16.7. The van der Waals surface area contributed by atoms with Gasteiger partial charge in [-0.05, 0) is 36.8 Å². The number of aromatic amines is 1. The average Bonchev–Trinajstić information content (AvgIpc) is 3.07. The summed E-state index contributed by atoms with van der Waals surface area (Å²) in [6.07, 6.45) is 7.22. The van der Waals surface area contributed by atoms with Gasteiger partial charge in [-0.1, -0.05) is 30.3 Å². The van der Waals surface area contributed by atoms with Crippen LogP contribution in [0.3, 0.4) is 0 Å². The van der Waals surface area contributed by atoms with Crippen molar-refractivity contribution in [2.24, 2.45) is 4.99 Å². The minimum atomic E-state index is -0.223. The summed E-state index contributed by atoms with van der Waals surface area (Å²) >= 11 is 1.27. The Kier molecular flexibility index (Phi) is 4.60. The molecule has 5 rings (SSSR count). The number of allylic oxidation sites excluding steroid dienone is 1. The van der Waals surface area contributed by atoms with E-state index in [1.54, 1.807) is 5.38 Å². The smallest absolute Gasteiger partial charge is 0.269 e. The lowest BCUT2D eigenvalue weighted by Gasteiger charge is -2.19. The molecule has 1 N–H and O–H groups in total. The van der Waals surface area contributed by atoms with E-state index in [4.69, 9.17) is 0 Å². The largest absolute Gasteiger partial charge is 0.338 e. The molecule has 0 spiro atoms. The van der Waals surface area contributed by atoms with Crippen molar-refractivity contribution in [2.75, 3.05) is 13.1 Å². The maximum Gasteiger partial charge on any atom is 0.269 e. The van der Waals surface area contributed by atoms with Crippen LogP contribution >= 0.6 is 11.3 Å². The van der Waals surface area contributed by atoms with E-state index < -0.39 is 0 Å². The zero-order valence-electron chi connectivity index (χ0n) is 15.9. The molecule has 1 amide bonds. The first-order valence-corrected chi connectivity index (χ1v) is 10.7. The van der Waals surface area contributed by atoms with Crippen molar-refractivity contribution in [3.05, 3.63) is 68.6 Å². The molecule has 0 bridgehead atoms. The van der Waals surface area contributed by atoms with Gasteiger partial charge in [0.15, 0.2) is 5.82 Å².